The Morgan fingerprint density at radius 3 is 2.73 bits per heavy atom. The molecule has 1 aromatic carbocycles. The summed E-state index contributed by atoms with van der Waals surface area (Å²) >= 11 is 0. The number of halogens is 2. The molecule has 0 saturated carbocycles. The lowest BCUT2D eigenvalue weighted by molar-refractivity contribution is -0.144. The fraction of sp³-hybridized carbons (Fsp3) is 0.364. The monoisotopic (exact) mass is 214 g/mol. The summed E-state index contributed by atoms with van der Waals surface area (Å²) in [6.45, 7) is 3.36. The van der Waals surface area contributed by atoms with Gasteiger partial charge in [-0.3, -0.25) is 4.79 Å². The summed E-state index contributed by atoms with van der Waals surface area (Å²) in [7, 11) is 0. The zero-order valence-electron chi connectivity index (χ0n) is 8.59. The molecule has 82 valence electrons. The van der Waals surface area contributed by atoms with E-state index >= 15 is 0 Å². The highest BCUT2D eigenvalue weighted by Gasteiger charge is 2.20. The number of hydrogen-bond donors (Lipinski definition) is 0. The van der Waals surface area contributed by atoms with Crippen LogP contribution in [0.15, 0.2) is 18.2 Å². The van der Waals surface area contributed by atoms with Gasteiger partial charge < -0.3 is 4.74 Å². The van der Waals surface area contributed by atoms with Crippen LogP contribution in [-0.2, 0) is 9.53 Å². The van der Waals surface area contributed by atoms with Gasteiger partial charge in [0.05, 0.1) is 12.5 Å². The Morgan fingerprint density at radius 1 is 1.47 bits per heavy atom. The normalized spacial score (nSPS) is 12.3. The molecule has 0 spiro atoms. The summed E-state index contributed by atoms with van der Waals surface area (Å²) in [5.74, 6) is -2.51. The van der Waals surface area contributed by atoms with Gasteiger partial charge in [-0.25, -0.2) is 8.78 Å². The summed E-state index contributed by atoms with van der Waals surface area (Å²) in [6.07, 6.45) is 0. The first-order valence-electron chi connectivity index (χ1n) is 4.67. The molecule has 0 N–H and O–H groups in total. The fourth-order valence-corrected chi connectivity index (χ4v) is 1.24. The van der Waals surface area contributed by atoms with Crippen LogP contribution in [0.3, 0.4) is 0 Å². The average molecular weight is 214 g/mol. The highest BCUT2D eigenvalue weighted by atomic mass is 19.1. The van der Waals surface area contributed by atoms with Crippen LogP contribution in [0, 0.1) is 11.6 Å². The van der Waals surface area contributed by atoms with Gasteiger partial charge in [-0.15, -0.1) is 0 Å². The minimum Gasteiger partial charge on any atom is -0.466 e. The van der Waals surface area contributed by atoms with Crippen molar-refractivity contribution in [3.8, 4) is 0 Å². The first kappa shape index (κ1) is 11.6. The Balaban J connectivity index is 2.94. The second-order valence-corrected chi connectivity index (χ2v) is 3.14. The van der Waals surface area contributed by atoms with Crippen molar-refractivity contribution in [3.05, 3.63) is 35.4 Å². The van der Waals surface area contributed by atoms with Crippen molar-refractivity contribution in [1.29, 1.82) is 0 Å². The lowest BCUT2D eigenvalue weighted by Crippen LogP contribution is -2.14. The molecule has 4 heteroatoms. The van der Waals surface area contributed by atoms with E-state index in [1.165, 1.54) is 6.92 Å². The zero-order chi connectivity index (χ0) is 11.4. The Labute approximate surface area is 86.9 Å². The molecule has 1 aromatic rings. The molecule has 0 aliphatic heterocycles. The van der Waals surface area contributed by atoms with Crippen molar-refractivity contribution >= 4 is 5.97 Å². The van der Waals surface area contributed by atoms with Crippen molar-refractivity contribution in [3.63, 3.8) is 0 Å². The van der Waals surface area contributed by atoms with E-state index in [2.05, 4.69) is 0 Å². The third-order valence-electron chi connectivity index (χ3n) is 2.06. The number of carbonyl (C=O) groups excluding carboxylic acids is 1. The number of rotatable bonds is 3. The quantitative estimate of drug-likeness (QED) is 0.723. The van der Waals surface area contributed by atoms with Crippen LogP contribution in [0.4, 0.5) is 8.78 Å². The number of benzene rings is 1. The van der Waals surface area contributed by atoms with Crippen LogP contribution >= 0.6 is 0 Å². The van der Waals surface area contributed by atoms with Crippen LogP contribution in [0.5, 0.6) is 0 Å². The lowest BCUT2D eigenvalue weighted by Gasteiger charge is -2.11. The highest BCUT2D eigenvalue weighted by molar-refractivity contribution is 5.77. The second kappa shape index (κ2) is 4.87. The van der Waals surface area contributed by atoms with Gasteiger partial charge in [0.25, 0.3) is 0 Å². The SMILES string of the molecule is CCOC(=O)C(C)c1cc(F)ccc1F. The summed E-state index contributed by atoms with van der Waals surface area (Å²) in [6, 6.07) is 3.02. The largest absolute Gasteiger partial charge is 0.466 e. The summed E-state index contributed by atoms with van der Waals surface area (Å²) in [4.78, 5) is 11.3. The maximum absolute atomic E-state index is 13.2. The third kappa shape index (κ3) is 2.75. The molecule has 0 amide bonds. The van der Waals surface area contributed by atoms with Gasteiger partial charge in [0, 0.05) is 5.56 Å². The van der Waals surface area contributed by atoms with Gasteiger partial charge in [-0.2, -0.15) is 0 Å². The van der Waals surface area contributed by atoms with Gasteiger partial charge >= 0.3 is 5.97 Å². The first-order chi connectivity index (χ1) is 7.06. The number of carbonyl (C=O) groups is 1. The van der Waals surface area contributed by atoms with Crippen molar-refractivity contribution in [2.45, 2.75) is 19.8 Å². The smallest absolute Gasteiger partial charge is 0.313 e. The number of hydrogen-bond acceptors (Lipinski definition) is 2. The minimum absolute atomic E-state index is 0.0217. The predicted molar refractivity (Wildman–Crippen MR) is 51.4 cm³/mol. The molecule has 0 saturated heterocycles. The molecule has 1 unspecified atom stereocenters. The molecule has 0 heterocycles. The molecular weight excluding hydrogens is 202 g/mol. The van der Waals surface area contributed by atoms with E-state index in [1.807, 2.05) is 0 Å². The zero-order valence-corrected chi connectivity index (χ0v) is 8.59. The van der Waals surface area contributed by atoms with Crippen molar-refractivity contribution < 1.29 is 18.3 Å². The molecule has 2 nitrogen and oxygen atoms in total. The maximum Gasteiger partial charge on any atom is 0.313 e. The molecule has 1 rings (SSSR count). The molecule has 15 heavy (non-hydrogen) atoms. The fourth-order valence-electron chi connectivity index (χ4n) is 1.24. The second-order valence-electron chi connectivity index (χ2n) is 3.14. The standard InChI is InChI=1S/C11H12F2O2/c1-3-15-11(14)7(2)9-6-8(12)4-5-10(9)13/h4-7H,3H2,1-2H3. The Hall–Kier alpha value is -1.45. The molecule has 0 aromatic heterocycles. The lowest BCUT2D eigenvalue weighted by atomic mass is 10.0. The molecule has 0 radical (unpaired) electrons. The minimum atomic E-state index is -0.791. The van der Waals surface area contributed by atoms with Crippen LogP contribution < -0.4 is 0 Å². The molecule has 0 fully saturated rings. The molecule has 0 bridgehead atoms. The topological polar surface area (TPSA) is 26.3 Å². The summed E-state index contributed by atoms with van der Waals surface area (Å²) in [5, 5.41) is 0. The predicted octanol–water partition coefficient (Wildman–Crippen LogP) is 2.63. The molecule has 0 aliphatic rings. The first-order valence-corrected chi connectivity index (χ1v) is 4.67. The van der Waals surface area contributed by atoms with E-state index in [-0.39, 0.29) is 12.2 Å². The molecular formula is C11H12F2O2. The number of esters is 1. The van der Waals surface area contributed by atoms with Crippen LogP contribution in [-0.4, -0.2) is 12.6 Å². The number of ether oxygens (including phenoxy) is 1. The van der Waals surface area contributed by atoms with E-state index in [0.29, 0.717) is 0 Å². The van der Waals surface area contributed by atoms with E-state index in [4.69, 9.17) is 4.74 Å². The van der Waals surface area contributed by atoms with Crippen LogP contribution in [0.1, 0.15) is 25.3 Å². The Morgan fingerprint density at radius 2 is 2.13 bits per heavy atom. The van der Waals surface area contributed by atoms with Gasteiger partial charge in [-0.05, 0) is 32.0 Å². The van der Waals surface area contributed by atoms with Crippen molar-refractivity contribution in [1.82, 2.24) is 0 Å². The van der Waals surface area contributed by atoms with E-state index in [1.54, 1.807) is 6.92 Å². The van der Waals surface area contributed by atoms with Crippen molar-refractivity contribution in [2.75, 3.05) is 6.61 Å². The van der Waals surface area contributed by atoms with Gasteiger partial charge in [-0.1, -0.05) is 0 Å². The van der Waals surface area contributed by atoms with Gasteiger partial charge in [0.1, 0.15) is 11.6 Å². The summed E-state index contributed by atoms with van der Waals surface area (Å²) in [5.41, 5.74) is 0.0217. The Kier molecular flexibility index (Phi) is 3.77. The molecule has 1 atom stereocenters. The van der Waals surface area contributed by atoms with Crippen LogP contribution in [0.25, 0.3) is 0 Å². The average Bonchev–Trinajstić information content (AvgIpc) is 2.21. The van der Waals surface area contributed by atoms with E-state index < -0.39 is 23.5 Å². The van der Waals surface area contributed by atoms with E-state index in [9.17, 15) is 13.6 Å². The van der Waals surface area contributed by atoms with Gasteiger partial charge in [0.2, 0.25) is 0 Å². The van der Waals surface area contributed by atoms with Crippen LogP contribution in [0.2, 0.25) is 0 Å². The highest BCUT2D eigenvalue weighted by Crippen LogP contribution is 2.21. The van der Waals surface area contributed by atoms with Gasteiger partial charge in [0.15, 0.2) is 0 Å². The Bertz CT molecular complexity index is 364. The van der Waals surface area contributed by atoms with E-state index in [0.717, 1.165) is 18.2 Å². The van der Waals surface area contributed by atoms with Crippen molar-refractivity contribution in [2.24, 2.45) is 0 Å². The molecule has 0 aliphatic carbocycles. The maximum atomic E-state index is 13.2. The third-order valence-corrected chi connectivity index (χ3v) is 2.06. The summed E-state index contributed by atoms with van der Waals surface area (Å²) < 4.78 is 30.8.